The Bertz CT molecular complexity index is 475. The van der Waals surface area contributed by atoms with E-state index in [0.29, 0.717) is 0 Å². The molecule has 0 aromatic carbocycles. The number of nitrogens with one attached hydrogen (secondary N) is 2. The predicted molar refractivity (Wildman–Crippen MR) is 64.0 cm³/mol. The second-order valence-corrected chi connectivity index (χ2v) is 4.41. The fraction of sp³-hybridized carbons (Fsp3) is 0.417. The Morgan fingerprint density at radius 2 is 2.18 bits per heavy atom. The molecule has 2 aromatic rings. The molecule has 1 aliphatic rings. The fourth-order valence-electron chi connectivity index (χ4n) is 1.74. The van der Waals surface area contributed by atoms with Crippen molar-refractivity contribution < 1.29 is 0 Å². The highest BCUT2D eigenvalue weighted by atomic mass is 15.0. The third-order valence-corrected chi connectivity index (χ3v) is 2.89. The molecule has 0 spiro atoms. The molecule has 1 fully saturated rings. The van der Waals surface area contributed by atoms with Crippen molar-refractivity contribution in [1.29, 1.82) is 0 Å². The molecule has 2 heterocycles. The highest BCUT2D eigenvalue weighted by molar-refractivity contribution is 5.51. The summed E-state index contributed by atoms with van der Waals surface area (Å²) in [6, 6.07) is 0. The number of H-pyrrole nitrogens is 1. The number of nitrogens with zero attached hydrogens (tertiary/aromatic N) is 3. The van der Waals surface area contributed by atoms with Gasteiger partial charge in [0.15, 0.2) is 0 Å². The maximum atomic E-state index is 4.32. The molecule has 2 N–H and O–H groups in total. The van der Waals surface area contributed by atoms with Crippen molar-refractivity contribution in [3.8, 4) is 11.4 Å². The van der Waals surface area contributed by atoms with Crippen molar-refractivity contribution in [3.05, 3.63) is 30.6 Å². The molecule has 0 aliphatic heterocycles. The molecule has 17 heavy (non-hydrogen) atoms. The highest BCUT2D eigenvalue weighted by Gasteiger charge is 2.20. The lowest BCUT2D eigenvalue weighted by Gasteiger charge is -1.99. The molecule has 5 nitrogen and oxygen atoms in total. The van der Waals surface area contributed by atoms with Gasteiger partial charge in [0.2, 0.25) is 0 Å². The molecule has 0 bridgehead atoms. The van der Waals surface area contributed by atoms with Crippen LogP contribution in [0.3, 0.4) is 0 Å². The molecule has 0 unspecified atom stereocenters. The summed E-state index contributed by atoms with van der Waals surface area (Å²) in [6.07, 6.45) is 9.62. The minimum absolute atomic E-state index is 0.788. The van der Waals surface area contributed by atoms with Gasteiger partial charge in [-0.3, -0.25) is 9.97 Å². The van der Waals surface area contributed by atoms with Gasteiger partial charge in [0.05, 0.1) is 24.6 Å². The molecule has 0 atom stereocenters. The van der Waals surface area contributed by atoms with Gasteiger partial charge in [-0.15, -0.1) is 0 Å². The van der Waals surface area contributed by atoms with Gasteiger partial charge in [0, 0.05) is 12.4 Å². The van der Waals surface area contributed by atoms with Crippen LogP contribution in [-0.2, 0) is 6.54 Å². The molecule has 0 saturated heterocycles. The lowest BCUT2D eigenvalue weighted by Crippen LogP contribution is -2.16. The predicted octanol–water partition coefficient (Wildman–Crippen LogP) is 1.37. The normalized spacial score (nSPS) is 15.1. The average molecular weight is 229 g/mol. The molecule has 0 amide bonds. The van der Waals surface area contributed by atoms with E-state index in [1.54, 1.807) is 24.8 Å². The van der Waals surface area contributed by atoms with Gasteiger partial charge in [-0.2, -0.15) is 0 Å². The number of rotatable bonds is 5. The number of hydrogen-bond acceptors (Lipinski definition) is 4. The number of aromatic nitrogens is 4. The third kappa shape index (κ3) is 2.68. The number of imidazole rings is 1. The van der Waals surface area contributed by atoms with Gasteiger partial charge in [0.1, 0.15) is 11.5 Å². The van der Waals surface area contributed by atoms with Crippen molar-refractivity contribution in [2.45, 2.75) is 19.4 Å². The molecule has 5 heteroatoms. The zero-order chi connectivity index (χ0) is 11.5. The largest absolute Gasteiger partial charge is 0.340 e. The second kappa shape index (κ2) is 4.63. The van der Waals surface area contributed by atoms with Crippen molar-refractivity contribution in [2.24, 2.45) is 5.92 Å². The first-order chi connectivity index (χ1) is 8.42. The van der Waals surface area contributed by atoms with Gasteiger partial charge >= 0.3 is 0 Å². The molecule has 0 radical (unpaired) electrons. The SMILES string of the molecule is c1cnc(-c2cnc(CNCC3CC3)[nH]2)cn1. The molecule has 1 saturated carbocycles. The summed E-state index contributed by atoms with van der Waals surface area (Å²) >= 11 is 0. The molecule has 2 aromatic heterocycles. The van der Waals surface area contributed by atoms with Crippen molar-refractivity contribution >= 4 is 0 Å². The molecule has 1 aliphatic carbocycles. The van der Waals surface area contributed by atoms with E-state index in [1.165, 1.54) is 12.8 Å². The summed E-state index contributed by atoms with van der Waals surface area (Å²) in [5.41, 5.74) is 1.75. The minimum atomic E-state index is 0.788. The van der Waals surface area contributed by atoms with Gasteiger partial charge in [-0.25, -0.2) is 4.98 Å². The summed E-state index contributed by atoms with van der Waals surface area (Å²) in [7, 11) is 0. The Hall–Kier alpha value is -1.75. The first-order valence-corrected chi connectivity index (χ1v) is 5.93. The van der Waals surface area contributed by atoms with E-state index >= 15 is 0 Å². The minimum Gasteiger partial charge on any atom is -0.340 e. The Morgan fingerprint density at radius 3 is 2.94 bits per heavy atom. The second-order valence-electron chi connectivity index (χ2n) is 4.41. The van der Waals surface area contributed by atoms with E-state index in [4.69, 9.17) is 0 Å². The van der Waals surface area contributed by atoms with Crippen LogP contribution in [0.5, 0.6) is 0 Å². The van der Waals surface area contributed by atoms with Crippen LogP contribution >= 0.6 is 0 Å². The standard InChI is InChI=1S/C12H15N5/c1-2-9(1)5-14-8-12-16-7-11(17-12)10-6-13-3-4-15-10/h3-4,6-7,9,14H,1-2,5,8H2,(H,16,17). The van der Waals surface area contributed by atoms with Crippen molar-refractivity contribution in [2.75, 3.05) is 6.54 Å². The fourth-order valence-corrected chi connectivity index (χ4v) is 1.74. The zero-order valence-corrected chi connectivity index (χ0v) is 9.56. The Labute approximate surface area is 99.7 Å². The van der Waals surface area contributed by atoms with E-state index in [1.807, 2.05) is 0 Å². The molecular formula is C12H15N5. The smallest absolute Gasteiger partial charge is 0.120 e. The van der Waals surface area contributed by atoms with Crippen molar-refractivity contribution in [3.63, 3.8) is 0 Å². The maximum absolute atomic E-state index is 4.32. The lowest BCUT2D eigenvalue weighted by atomic mass is 10.3. The van der Waals surface area contributed by atoms with Gasteiger partial charge in [-0.1, -0.05) is 0 Å². The highest BCUT2D eigenvalue weighted by Crippen LogP contribution is 2.27. The van der Waals surface area contributed by atoms with Crippen LogP contribution in [0.2, 0.25) is 0 Å². The maximum Gasteiger partial charge on any atom is 0.120 e. The van der Waals surface area contributed by atoms with E-state index in [0.717, 1.165) is 36.2 Å². The van der Waals surface area contributed by atoms with Gasteiger partial charge < -0.3 is 10.3 Å². The van der Waals surface area contributed by atoms with E-state index < -0.39 is 0 Å². The van der Waals surface area contributed by atoms with Gasteiger partial charge in [-0.05, 0) is 25.3 Å². The van der Waals surface area contributed by atoms with E-state index in [9.17, 15) is 0 Å². The average Bonchev–Trinajstić information content (AvgIpc) is 3.07. The van der Waals surface area contributed by atoms with Crippen LogP contribution in [0.25, 0.3) is 11.4 Å². The Balaban J connectivity index is 1.61. The van der Waals surface area contributed by atoms with Gasteiger partial charge in [0.25, 0.3) is 0 Å². The Morgan fingerprint density at radius 1 is 1.24 bits per heavy atom. The quantitative estimate of drug-likeness (QED) is 0.812. The summed E-state index contributed by atoms with van der Waals surface area (Å²) < 4.78 is 0. The van der Waals surface area contributed by atoms with Crippen LogP contribution in [0, 0.1) is 5.92 Å². The first kappa shape index (κ1) is 10.4. The topological polar surface area (TPSA) is 66.5 Å². The summed E-state index contributed by atoms with van der Waals surface area (Å²) in [4.78, 5) is 15.8. The number of aromatic amines is 1. The first-order valence-electron chi connectivity index (χ1n) is 5.93. The number of hydrogen-bond donors (Lipinski definition) is 2. The summed E-state index contributed by atoms with van der Waals surface area (Å²) in [5.74, 6) is 1.84. The van der Waals surface area contributed by atoms with E-state index in [2.05, 4.69) is 25.3 Å². The van der Waals surface area contributed by atoms with Crippen LogP contribution in [0.4, 0.5) is 0 Å². The third-order valence-electron chi connectivity index (χ3n) is 2.89. The van der Waals surface area contributed by atoms with Crippen LogP contribution < -0.4 is 5.32 Å². The molecule has 3 rings (SSSR count). The summed E-state index contributed by atoms with van der Waals surface area (Å²) in [5, 5.41) is 3.40. The van der Waals surface area contributed by atoms with Crippen LogP contribution in [-0.4, -0.2) is 26.5 Å². The zero-order valence-electron chi connectivity index (χ0n) is 9.56. The molecule has 88 valence electrons. The Kier molecular flexibility index (Phi) is 2.83. The van der Waals surface area contributed by atoms with Crippen molar-refractivity contribution in [1.82, 2.24) is 25.3 Å². The molecular weight excluding hydrogens is 214 g/mol. The van der Waals surface area contributed by atoms with Crippen LogP contribution in [0.15, 0.2) is 24.8 Å². The summed E-state index contributed by atoms with van der Waals surface area (Å²) in [6.45, 7) is 1.89. The van der Waals surface area contributed by atoms with E-state index in [-0.39, 0.29) is 0 Å². The monoisotopic (exact) mass is 229 g/mol. The van der Waals surface area contributed by atoms with Crippen LogP contribution in [0.1, 0.15) is 18.7 Å². The lowest BCUT2D eigenvalue weighted by molar-refractivity contribution is 0.623.